The molecule has 0 bridgehead atoms. The minimum Gasteiger partial charge on any atom is -0.394 e. The van der Waals surface area contributed by atoms with Crippen molar-refractivity contribution in [3.8, 4) is 0 Å². The molecule has 1 fully saturated rings. The highest BCUT2D eigenvalue weighted by atomic mass is 35.5. The number of imidazole rings is 1. The van der Waals surface area contributed by atoms with Gasteiger partial charge in [0.2, 0.25) is 0 Å². The van der Waals surface area contributed by atoms with Crippen LogP contribution in [0.4, 0.5) is 5.82 Å². The molecule has 8 heteroatoms. The highest BCUT2D eigenvalue weighted by Crippen LogP contribution is 2.32. The van der Waals surface area contributed by atoms with Gasteiger partial charge >= 0.3 is 0 Å². The largest absolute Gasteiger partial charge is 0.394 e. The monoisotopic (exact) mass is 339 g/mol. The molecule has 124 valence electrons. The van der Waals surface area contributed by atoms with Gasteiger partial charge in [-0.2, -0.15) is 0 Å². The van der Waals surface area contributed by atoms with Gasteiger partial charge in [-0.05, 0) is 17.7 Å². The first-order valence-electron chi connectivity index (χ1n) is 7.19. The van der Waals surface area contributed by atoms with E-state index in [-0.39, 0.29) is 6.61 Å². The number of nitrogens with two attached hydrogens (primary N) is 1. The third-order valence-corrected chi connectivity index (χ3v) is 4.24. The Balaban J connectivity index is 1.81. The molecular weight excluding hydrogens is 322 g/mol. The first-order chi connectivity index (χ1) is 11.0. The summed E-state index contributed by atoms with van der Waals surface area (Å²) in [6, 6.07) is 7.34. The van der Waals surface area contributed by atoms with Gasteiger partial charge in [0, 0.05) is 11.4 Å². The smallest absolute Gasteiger partial charge is 0.165 e. The van der Waals surface area contributed by atoms with Crippen LogP contribution >= 0.6 is 11.6 Å². The summed E-state index contributed by atoms with van der Waals surface area (Å²) < 4.78 is 6.92. The lowest BCUT2D eigenvalue weighted by atomic mass is 10.1. The SMILES string of the molecule is Nc1c(Cc2ccc(Cl)cc2)ncn1[C@@H]1O[C@H](CO)[C@@H](O)[C@H]1O. The summed E-state index contributed by atoms with van der Waals surface area (Å²) in [6.07, 6.45) is -2.13. The van der Waals surface area contributed by atoms with Crippen LogP contribution in [0.2, 0.25) is 5.02 Å². The Morgan fingerprint density at radius 2 is 1.91 bits per heavy atom. The number of hydrogen-bond acceptors (Lipinski definition) is 6. The summed E-state index contributed by atoms with van der Waals surface area (Å²) in [7, 11) is 0. The Morgan fingerprint density at radius 3 is 2.52 bits per heavy atom. The van der Waals surface area contributed by atoms with Crippen LogP contribution in [-0.4, -0.2) is 49.8 Å². The second kappa shape index (κ2) is 6.46. The van der Waals surface area contributed by atoms with Crippen LogP contribution in [0.3, 0.4) is 0 Å². The van der Waals surface area contributed by atoms with E-state index in [2.05, 4.69) is 4.98 Å². The van der Waals surface area contributed by atoms with E-state index in [4.69, 9.17) is 27.2 Å². The Morgan fingerprint density at radius 1 is 1.22 bits per heavy atom. The highest BCUT2D eigenvalue weighted by molar-refractivity contribution is 6.30. The van der Waals surface area contributed by atoms with Gasteiger partial charge < -0.3 is 25.8 Å². The van der Waals surface area contributed by atoms with E-state index in [9.17, 15) is 10.2 Å². The van der Waals surface area contributed by atoms with Crippen LogP contribution in [0.1, 0.15) is 17.5 Å². The van der Waals surface area contributed by atoms with Crippen molar-refractivity contribution in [2.24, 2.45) is 0 Å². The molecule has 0 aliphatic carbocycles. The van der Waals surface area contributed by atoms with Gasteiger partial charge in [-0.3, -0.25) is 4.57 Å². The number of nitrogen functional groups attached to an aromatic ring is 1. The molecule has 0 unspecified atom stereocenters. The number of hydrogen-bond donors (Lipinski definition) is 4. The minimum atomic E-state index is -1.19. The molecule has 1 aliphatic rings. The highest BCUT2D eigenvalue weighted by Gasteiger charge is 2.43. The molecule has 5 N–H and O–H groups in total. The summed E-state index contributed by atoms with van der Waals surface area (Å²) in [5, 5.41) is 29.7. The molecule has 1 saturated heterocycles. The Kier molecular flexibility index (Phi) is 4.56. The van der Waals surface area contributed by atoms with Crippen molar-refractivity contribution in [2.45, 2.75) is 31.0 Å². The van der Waals surface area contributed by atoms with E-state index < -0.39 is 24.5 Å². The summed E-state index contributed by atoms with van der Waals surface area (Å²) in [4.78, 5) is 4.26. The van der Waals surface area contributed by atoms with Gasteiger partial charge in [0.05, 0.1) is 18.6 Å². The number of rotatable bonds is 4. The fourth-order valence-electron chi connectivity index (χ4n) is 2.65. The van der Waals surface area contributed by atoms with E-state index in [1.807, 2.05) is 12.1 Å². The zero-order valence-corrected chi connectivity index (χ0v) is 13.0. The second-order valence-electron chi connectivity index (χ2n) is 5.52. The van der Waals surface area contributed by atoms with E-state index in [1.54, 1.807) is 12.1 Å². The van der Waals surface area contributed by atoms with Gasteiger partial charge in [-0.1, -0.05) is 23.7 Å². The Hall–Kier alpha value is -1.64. The molecule has 0 saturated carbocycles. The van der Waals surface area contributed by atoms with E-state index >= 15 is 0 Å². The van der Waals surface area contributed by atoms with Gasteiger partial charge in [0.1, 0.15) is 24.1 Å². The fourth-order valence-corrected chi connectivity index (χ4v) is 2.78. The van der Waals surface area contributed by atoms with Gasteiger partial charge in [0.25, 0.3) is 0 Å². The van der Waals surface area contributed by atoms with Crippen molar-refractivity contribution in [3.05, 3.63) is 46.9 Å². The molecule has 7 nitrogen and oxygen atoms in total. The van der Waals surface area contributed by atoms with Crippen LogP contribution in [0, 0.1) is 0 Å². The van der Waals surface area contributed by atoms with Crippen molar-refractivity contribution in [2.75, 3.05) is 12.3 Å². The standard InChI is InChI=1S/C15H18ClN3O4/c16-9-3-1-8(2-4-9)5-10-14(17)19(7-18-10)15-13(22)12(21)11(6-20)23-15/h1-4,7,11-13,15,20-22H,5-6,17H2/t11-,12-,13-,15-/m1/s1. The molecule has 0 amide bonds. The van der Waals surface area contributed by atoms with E-state index in [1.165, 1.54) is 10.9 Å². The molecule has 1 aromatic heterocycles. The zero-order chi connectivity index (χ0) is 16.6. The quantitative estimate of drug-likeness (QED) is 0.638. The summed E-state index contributed by atoms with van der Waals surface area (Å²) in [5.41, 5.74) is 7.72. The summed E-state index contributed by atoms with van der Waals surface area (Å²) in [5.74, 6) is 0.342. The molecule has 23 heavy (non-hydrogen) atoms. The lowest BCUT2D eigenvalue weighted by molar-refractivity contribution is -0.0518. The van der Waals surface area contributed by atoms with Crippen molar-refractivity contribution >= 4 is 17.4 Å². The lowest BCUT2D eigenvalue weighted by Gasteiger charge is -2.17. The number of benzene rings is 1. The second-order valence-corrected chi connectivity index (χ2v) is 5.95. The van der Waals surface area contributed by atoms with Gasteiger partial charge in [0.15, 0.2) is 6.23 Å². The van der Waals surface area contributed by atoms with E-state index in [0.717, 1.165) is 5.56 Å². The zero-order valence-electron chi connectivity index (χ0n) is 12.2. The van der Waals surface area contributed by atoms with Crippen LogP contribution in [0.15, 0.2) is 30.6 Å². The fraction of sp³-hybridized carbons (Fsp3) is 0.400. The molecule has 2 aromatic rings. The molecule has 1 aliphatic heterocycles. The van der Waals surface area contributed by atoms with Gasteiger partial charge in [-0.15, -0.1) is 0 Å². The summed E-state index contributed by atoms with van der Waals surface area (Å²) in [6.45, 7) is -0.388. The molecular formula is C15H18ClN3O4. The number of aliphatic hydroxyl groups is 3. The van der Waals surface area contributed by atoms with Crippen LogP contribution in [0.25, 0.3) is 0 Å². The normalized spacial score (nSPS) is 27.5. The van der Waals surface area contributed by atoms with Crippen molar-refractivity contribution in [1.29, 1.82) is 0 Å². The molecule has 1 aromatic carbocycles. The number of aliphatic hydroxyl groups excluding tert-OH is 3. The van der Waals surface area contributed by atoms with Crippen LogP contribution < -0.4 is 5.73 Å². The molecule has 2 heterocycles. The van der Waals surface area contributed by atoms with Crippen molar-refractivity contribution < 1.29 is 20.1 Å². The maximum Gasteiger partial charge on any atom is 0.165 e. The maximum atomic E-state index is 10.1. The first kappa shape index (κ1) is 16.2. The van der Waals surface area contributed by atoms with Crippen molar-refractivity contribution in [1.82, 2.24) is 9.55 Å². The van der Waals surface area contributed by atoms with Crippen LogP contribution in [0.5, 0.6) is 0 Å². The van der Waals surface area contributed by atoms with Crippen molar-refractivity contribution in [3.63, 3.8) is 0 Å². The minimum absolute atomic E-state index is 0.342. The Bertz CT molecular complexity index is 676. The van der Waals surface area contributed by atoms with E-state index in [0.29, 0.717) is 23.0 Å². The van der Waals surface area contributed by atoms with Gasteiger partial charge in [-0.25, -0.2) is 4.98 Å². The molecule has 3 rings (SSSR count). The molecule has 0 spiro atoms. The third-order valence-electron chi connectivity index (χ3n) is 3.99. The topological polar surface area (TPSA) is 114 Å². The molecule has 0 radical (unpaired) electrons. The first-order valence-corrected chi connectivity index (χ1v) is 7.57. The number of halogens is 1. The maximum absolute atomic E-state index is 10.1. The number of aromatic nitrogens is 2. The predicted octanol–water partition coefficient (Wildman–Crippen LogP) is 0.321. The number of anilines is 1. The molecule has 4 atom stereocenters. The average molecular weight is 340 g/mol. The van der Waals surface area contributed by atoms with Crippen LogP contribution in [-0.2, 0) is 11.2 Å². The number of ether oxygens (including phenoxy) is 1. The third kappa shape index (κ3) is 3.06. The average Bonchev–Trinajstić information content (AvgIpc) is 3.03. The lowest BCUT2D eigenvalue weighted by Crippen LogP contribution is -2.33. The predicted molar refractivity (Wildman–Crippen MR) is 83.9 cm³/mol. The summed E-state index contributed by atoms with van der Waals surface area (Å²) >= 11 is 5.86. The Labute approximate surface area is 137 Å². The number of nitrogens with zero attached hydrogens (tertiary/aromatic N) is 2.